The molecule has 1 aliphatic heterocycles. The average molecular weight is 507 g/mol. The summed E-state index contributed by atoms with van der Waals surface area (Å²) >= 11 is 7.95. The molecular weight excluding hydrogens is 494 g/mol. The highest BCUT2D eigenvalue weighted by Crippen LogP contribution is 2.42. The first kappa shape index (κ1) is 19.7. The van der Waals surface area contributed by atoms with E-state index < -0.39 is 11.2 Å². The van der Waals surface area contributed by atoms with Crippen LogP contribution < -0.4 is 10.6 Å². The maximum Gasteiger partial charge on any atom is 0.262 e. The lowest BCUT2D eigenvalue weighted by molar-refractivity contribution is -0.117. The number of nitrogens with zero attached hydrogens (tertiary/aromatic N) is 2. The lowest BCUT2D eigenvalue weighted by Gasteiger charge is -2.18. The van der Waals surface area contributed by atoms with Crippen LogP contribution in [0.25, 0.3) is 0 Å². The van der Waals surface area contributed by atoms with Gasteiger partial charge in [0.25, 0.3) is 5.91 Å². The fraction of sp³-hybridized carbons (Fsp3) is 0.105. The maximum atomic E-state index is 13.1. The van der Waals surface area contributed by atoms with E-state index in [0.717, 1.165) is 14.5 Å². The molecule has 0 spiro atoms. The molecule has 1 aliphatic rings. The second-order valence-corrected chi connectivity index (χ2v) is 8.77. The summed E-state index contributed by atoms with van der Waals surface area (Å²) < 4.78 is 1.81. The first-order chi connectivity index (χ1) is 12.9. The zero-order valence-corrected chi connectivity index (χ0v) is 17.8. The van der Waals surface area contributed by atoms with E-state index >= 15 is 0 Å². The Bertz CT molecular complexity index is 966. The number of hydrogen-bond acceptors (Lipinski definition) is 4. The molecule has 0 radical (unpaired) electrons. The van der Waals surface area contributed by atoms with Crippen LogP contribution in [-0.2, 0) is 16.0 Å². The summed E-state index contributed by atoms with van der Waals surface area (Å²) in [5.74, 6) is -1.03. The number of primary amides is 1. The summed E-state index contributed by atoms with van der Waals surface area (Å²) in [6, 6.07) is 16.6. The van der Waals surface area contributed by atoms with Crippen molar-refractivity contribution in [1.82, 2.24) is 0 Å². The Morgan fingerprint density at radius 3 is 2.19 bits per heavy atom. The van der Waals surface area contributed by atoms with Crippen molar-refractivity contribution in [3.63, 3.8) is 0 Å². The largest absolute Gasteiger partial charge is 0.365 e. The lowest BCUT2D eigenvalue weighted by Crippen LogP contribution is -2.31. The number of benzene rings is 2. The van der Waals surface area contributed by atoms with E-state index in [0.29, 0.717) is 12.1 Å². The molecule has 2 N–H and O–H groups in total. The molecular formula is C19H13Br2N3O2S. The first-order valence-corrected chi connectivity index (χ1v) is 10.3. The Balaban J connectivity index is 2.01. The van der Waals surface area contributed by atoms with Gasteiger partial charge in [0.05, 0.1) is 5.25 Å². The normalized spacial score (nSPS) is 18.3. The number of hydrogen-bond donors (Lipinski definition) is 1. The third-order valence-electron chi connectivity index (χ3n) is 3.94. The minimum absolute atomic E-state index is 0.186. The van der Waals surface area contributed by atoms with Gasteiger partial charge in [-0.3, -0.25) is 14.5 Å². The molecule has 2 aromatic carbocycles. The highest BCUT2D eigenvalue weighted by Gasteiger charge is 2.40. The predicted molar refractivity (Wildman–Crippen MR) is 113 cm³/mol. The lowest BCUT2D eigenvalue weighted by atomic mass is 10.1. The molecule has 3 rings (SSSR count). The molecule has 0 unspecified atom stereocenters. The van der Waals surface area contributed by atoms with Gasteiger partial charge in [0.1, 0.15) is 16.7 Å². The van der Waals surface area contributed by atoms with Crippen molar-refractivity contribution in [3.05, 3.63) is 73.6 Å². The Hall–Kier alpha value is -2.08. The number of thioether (sulfide) groups is 1. The fourth-order valence-electron chi connectivity index (χ4n) is 2.66. The molecule has 8 heteroatoms. The number of nitriles is 1. The van der Waals surface area contributed by atoms with Crippen LogP contribution in [0.5, 0.6) is 0 Å². The van der Waals surface area contributed by atoms with Gasteiger partial charge >= 0.3 is 0 Å². The van der Waals surface area contributed by atoms with Gasteiger partial charge in [-0.1, -0.05) is 55.8 Å². The molecule has 0 saturated carbocycles. The average Bonchev–Trinajstić information content (AvgIpc) is 2.94. The minimum Gasteiger partial charge on any atom is -0.365 e. The number of anilines is 1. The van der Waals surface area contributed by atoms with Crippen molar-refractivity contribution in [2.75, 3.05) is 4.90 Å². The number of halogens is 2. The summed E-state index contributed by atoms with van der Waals surface area (Å²) in [6.45, 7) is 0. The monoisotopic (exact) mass is 505 g/mol. The second-order valence-electron chi connectivity index (χ2n) is 5.74. The van der Waals surface area contributed by atoms with Gasteiger partial charge in [0.2, 0.25) is 5.91 Å². The summed E-state index contributed by atoms with van der Waals surface area (Å²) in [5, 5.41) is 9.21. The summed E-state index contributed by atoms with van der Waals surface area (Å²) in [6.07, 6.45) is 0.477. The minimum atomic E-state index is -0.848. The van der Waals surface area contributed by atoms with Gasteiger partial charge in [0, 0.05) is 14.6 Å². The van der Waals surface area contributed by atoms with E-state index in [1.165, 1.54) is 16.7 Å². The molecule has 136 valence electrons. The van der Waals surface area contributed by atoms with Crippen molar-refractivity contribution in [1.29, 1.82) is 5.26 Å². The molecule has 0 aliphatic carbocycles. The Morgan fingerprint density at radius 1 is 1.11 bits per heavy atom. The van der Waals surface area contributed by atoms with E-state index in [4.69, 9.17) is 5.73 Å². The van der Waals surface area contributed by atoms with Gasteiger partial charge in [-0.15, -0.1) is 0 Å². The van der Waals surface area contributed by atoms with E-state index in [9.17, 15) is 14.9 Å². The highest BCUT2D eigenvalue weighted by molar-refractivity contribution is 9.10. The van der Waals surface area contributed by atoms with Crippen molar-refractivity contribution in [2.45, 2.75) is 11.7 Å². The fourth-order valence-corrected chi connectivity index (χ4v) is 4.50. The van der Waals surface area contributed by atoms with Crippen LogP contribution in [-0.4, -0.2) is 17.1 Å². The number of nitrogens with two attached hydrogens (primary N) is 1. The summed E-state index contributed by atoms with van der Waals surface area (Å²) in [4.78, 5) is 26.2. The van der Waals surface area contributed by atoms with Gasteiger partial charge < -0.3 is 5.73 Å². The van der Waals surface area contributed by atoms with Crippen LogP contribution in [0.1, 0.15) is 5.56 Å². The van der Waals surface area contributed by atoms with Crippen LogP contribution in [0.3, 0.4) is 0 Å². The van der Waals surface area contributed by atoms with Gasteiger partial charge in [-0.2, -0.15) is 5.26 Å². The molecule has 27 heavy (non-hydrogen) atoms. The number of rotatable bonds is 4. The Kier molecular flexibility index (Phi) is 6.05. The standard InChI is InChI=1S/C19H13Br2N3O2S/c20-12-3-1-11(2-4-12)9-16-18(26)24(14-7-5-13(21)6-8-14)19(27-16)15(10-22)17(23)25/h1-8,16H,9H2,(H2,23,25)/b19-15-/t16-/m0/s1. The molecule has 1 saturated heterocycles. The van der Waals surface area contributed by atoms with E-state index in [2.05, 4.69) is 31.9 Å². The summed E-state index contributed by atoms with van der Waals surface area (Å²) in [7, 11) is 0. The van der Waals surface area contributed by atoms with E-state index in [1.54, 1.807) is 24.3 Å². The number of amides is 2. The molecule has 2 aromatic rings. The van der Waals surface area contributed by atoms with Crippen LogP contribution in [0, 0.1) is 11.3 Å². The molecule has 0 aromatic heterocycles. The van der Waals surface area contributed by atoms with Crippen molar-refractivity contribution < 1.29 is 9.59 Å². The van der Waals surface area contributed by atoms with Gasteiger partial charge in [-0.05, 0) is 48.4 Å². The Morgan fingerprint density at radius 2 is 1.67 bits per heavy atom. The van der Waals surface area contributed by atoms with Crippen LogP contribution in [0.2, 0.25) is 0 Å². The molecule has 0 bridgehead atoms. The predicted octanol–water partition coefficient (Wildman–Crippen LogP) is 4.12. The second kappa shape index (κ2) is 8.30. The molecule has 1 heterocycles. The highest BCUT2D eigenvalue weighted by atomic mass is 79.9. The number of carbonyl (C=O) groups is 2. The molecule has 1 atom stereocenters. The van der Waals surface area contributed by atoms with Gasteiger partial charge in [-0.25, -0.2) is 0 Å². The molecule has 1 fully saturated rings. The zero-order valence-electron chi connectivity index (χ0n) is 13.9. The van der Waals surface area contributed by atoms with E-state index in [-0.39, 0.29) is 16.5 Å². The van der Waals surface area contributed by atoms with Gasteiger partial charge in [0.15, 0.2) is 0 Å². The van der Waals surface area contributed by atoms with Crippen LogP contribution in [0.4, 0.5) is 5.69 Å². The maximum absolute atomic E-state index is 13.1. The molecule has 2 amide bonds. The Labute approximate surface area is 177 Å². The number of carbonyl (C=O) groups excluding carboxylic acids is 2. The smallest absolute Gasteiger partial charge is 0.262 e. The SMILES string of the molecule is N#C/C(C(N)=O)=C1/S[C@@H](Cc2ccc(Br)cc2)C(=O)N1c1ccc(Br)cc1. The first-order valence-electron chi connectivity index (χ1n) is 7.85. The molecule has 5 nitrogen and oxygen atoms in total. The van der Waals surface area contributed by atoms with Crippen LogP contribution in [0.15, 0.2) is 68.1 Å². The quantitative estimate of drug-likeness (QED) is 0.499. The van der Waals surface area contributed by atoms with Crippen LogP contribution >= 0.6 is 43.6 Å². The van der Waals surface area contributed by atoms with Crippen molar-refractivity contribution in [3.8, 4) is 6.07 Å². The van der Waals surface area contributed by atoms with Crippen molar-refractivity contribution in [2.24, 2.45) is 5.73 Å². The third-order valence-corrected chi connectivity index (χ3v) is 6.26. The zero-order chi connectivity index (χ0) is 19.6. The topological polar surface area (TPSA) is 87.2 Å². The van der Waals surface area contributed by atoms with E-state index in [1.807, 2.05) is 30.3 Å². The van der Waals surface area contributed by atoms with Crippen molar-refractivity contribution >= 4 is 61.1 Å². The third kappa shape index (κ3) is 4.26. The summed E-state index contributed by atoms with van der Waals surface area (Å²) in [5.41, 5.74) is 6.72.